The van der Waals surface area contributed by atoms with Crippen LogP contribution in [0.15, 0.2) is 78.9 Å². The van der Waals surface area contributed by atoms with Gasteiger partial charge in [0.1, 0.15) is 23.9 Å². The average molecular weight is 482 g/mol. The highest BCUT2D eigenvalue weighted by Crippen LogP contribution is 2.38. The number of likely N-dealkylation sites (tertiary alicyclic amines) is 1. The van der Waals surface area contributed by atoms with Gasteiger partial charge in [-0.25, -0.2) is 0 Å². The van der Waals surface area contributed by atoms with E-state index < -0.39 is 0 Å². The molecular formula is C32H35NO3. The molecule has 0 N–H and O–H groups in total. The van der Waals surface area contributed by atoms with Gasteiger partial charge < -0.3 is 14.2 Å². The predicted octanol–water partition coefficient (Wildman–Crippen LogP) is 6.98. The Morgan fingerprint density at radius 2 is 1.50 bits per heavy atom. The van der Waals surface area contributed by atoms with Gasteiger partial charge in [0.2, 0.25) is 0 Å². The molecule has 0 bridgehead atoms. The molecular weight excluding hydrogens is 446 g/mol. The Balaban J connectivity index is 1.40. The fraction of sp³-hybridized carbons (Fsp3) is 0.312. The maximum absolute atomic E-state index is 6.06. The van der Waals surface area contributed by atoms with E-state index in [-0.39, 0.29) is 0 Å². The molecule has 36 heavy (non-hydrogen) atoms. The average Bonchev–Trinajstić information content (AvgIpc) is 2.94. The number of methoxy groups -OCH3 is 2. The molecule has 1 heterocycles. The quantitative estimate of drug-likeness (QED) is 0.258. The van der Waals surface area contributed by atoms with Crippen LogP contribution in [0.4, 0.5) is 0 Å². The van der Waals surface area contributed by atoms with Crippen LogP contribution in [0.1, 0.15) is 30.4 Å². The lowest BCUT2D eigenvalue weighted by atomic mass is 9.90. The summed E-state index contributed by atoms with van der Waals surface area (Å²) in [5, 5.41) is 2.39. The van der Waals surface area contributed by atoms with Crippen molar-refractivity contribution in [3.8, 4) is 28.4 Å². The van der Waals surface area contributed by atoms with Crippen molar-refractivity contribution in [1.29, 1.82) is 0 Å². The van der Waals surface area contributed by atoms with E-state index >= 15 is 0 Å². The molecule has 4 nitrogen and oxygen atoms in total. The van der Waals surface area contributed by atoms with E-state index in [1.54, 1.807) is 14.2 Å². The first-order chi connectivity index (χ1) is 17.7. The molecule has 0 saturated carbocycles. The second kappa shape index (κ2) is 11.5. The van der Waals surface area contributed by atoms with Crippen molar-refractivity contribution >= 4 is 10.8 Å². The first-order valence-electron chi connectivity index (χ1n) is 12.9. The standard InChI is InChI=1S/C32H35NO3/c1-34-27-15-17-28-25(23-27)12-16-29(30-8-4-5-9-32(30)35-2)31(28)22-24-10-13-26(14-11-24)36-21-20-33-18-6-3-7-19-33/h4-5,8-17,23H,3,6-7,18-22H2,1-2H3. The summed E-state index contributed by atoms with van der Waals surface area (Å²) >= 11 is 0. The van der Waals surface area contributed by atoms with Crippen LogP contribution in [0.25, 0.3) is 21.9 Å². The summed E-state index contributed by atoms with van der Waals surface area (Å²) in [5.41, 5.74) is 4.81. The summed E-state index contributed by atoms with van der Waals surface area (Å²) in [6, 6.07) is 27.5. The molecule has 0 atom stereocenters. The molecule has 5 rings (SSSR count). The molecule has 1 saturated heterocycles. The van der Waals surface area contributed by atoms with Crippen LogP contribution in [-0.2, 0) is 6.42 Å². The Hall–Kier alpha value is -3.50. The van der Waals surface area contributed by atoms with Gasteiger partial charge >= 0.3 is 0 Å². The first-order valence-corrected chi connectivity index (χ1v) is 12.9. The zero-order valence-corrected chi connectivity index (χ0v) is 21.3. The van der Waals surface area contributed by atoms with E-state index in [1.807, 2.05) is 18.2 Å². The zero-order valence-electron chi connectivity index (χ0n) is 21.3. The molecule has 0 radical (unpaired) electrons. The fourth-order valence-corrected chi connectivity index (χ4v) is 5.19. The van der Waals surface area contributed by atoms with Gasteiger partial charge in [0.25, 0.3) is 0 Å². The van der Waals surface area contributed by atoms with E-state index in [0.29, 0.717) is 0 Å². The summed E-state index contributed by atoms with van der Waals surface area (Å²) in [5.74, 6) is 2.68. The normalized spacial score (nSPS) is 14.1. The molecule has 1 fully saturated rings. The highest BCUT2D eigenvalue weighted by atomic mass is 16.5. The van der Waals surface area contributed by atoms with Gasteiger partial charge in [-0.15, -0.1) is 0 Å². The summed E-state index contributed by atoms with van der Waals surface area (Å²) in [6.45, 7) is 4.15. The van der Waals surface area contributed by atoms with Gasteiger partial charge in [0, 0.05) is 12.1 Å². The van der Waals surface area contributed by atoms with Crippen LogP contribution in [0.5, 0.6) is 17.2 Å². The maximum atomic E-state index is 6.06. The summed E-state index contributed by atoms with van der Waals surface area (Å²) in [6.07, 6.45) is 4.80. The van der Waals surface area contributed by atoms with Gasteiger partial charge in [-0.3, -0.25) is 4.90 Å². The van der Waals surface area contributed by atoms with Crippen molar-refractivity contribution in [1.82, 2.24) is 4.90 Å². The zero-order chi connectivity index (χ0) is 24.7. The van der Waals surface area contributed by atoms with Crippen molar-refractivity contribution in [3.05, 3.63) is 90.0 Å². The van der Waals surface area contributed by atoms with Gasteiger partial charge in [0.15, 0.2) is 0 Å². The van der Waals surface area contributed by atoms with Crippen LogP contribution >= 0.6 is 0 Å². The largest absolute Gasteiger partial charge is 0.497 e. The maximum Gasteiger partial charge on any atom is 0.126 e. The Morgan fingerprint density at radius 1 is 0.722 bits per heavy atom. The van der Waals surface area contributed by atoms with Crippen molar-refractivity contribution in [2.75, 3.05) is 40.5 Å². The molecule has 4 aromatic carbocycles. The third-order valence-electron chi connectivity index (χ3n) is 7.16. The van der Waals surface area contributed by atoms with Crippen LogP contribution < -0.4 is 14.2 Å². The summed E-state index contributed by atoms with van der Waals surface area (Å²) in [4.78, 5) is 2.51. The third-order valence-corrected chi connectivity index (χ3v) is 7.16. The van der Waals surface area contributed by atoms with E-state index in [9.17, 15) is 0 Å². The SMILES string of the molecule is COc1ccc2c(Cc3ccc(OCCN4CCCCC4)cc3)c(-c3ccccc3OC)ccc2c1. The summed E-state index contributed by atoms with van der Waals surface area (Å²) in [7, 11) is 3.44. The molecule has 4 heteroatoms. The number of para-hydroxylation sites is 1. The van der Waals surface area contributed by atoms with E-state index in [1.165, 1.54) is 59.8 Å². The van der Waals surface area contributed by atoms with Crippen LogP contribution in [0.2, 0.25) is 0 Å². The van der Waals surface area contributed by atoms with Crippen molar-refractivity contribution < 1.29 is 14.2 Å². The molecule has 0 amide bonds. The highest BCUT2D eigenvalue weighted by Gasteiger charge is 2.15. The van der Waals surface area contributed by atoms with E-state index in [4.69, 9.17) is 14.2 Å². The molecule has 0 spiro atoms. The molecule has 1 aliphatic rings. The number of piperidine rings is 1. The fourth-order valence-electron chi connectivity index (χ4n) is 5.19. The number of rotatable bonds is 9. The Labute approximate surface area is 214 Å². The van der Waals surface area contributed by atoms with Crippen LogP contribution in [-0.4, -0.2) is 45.4 Å². The summed E-state index contributed by atoms with van der Waals surface area (Å²) < 4.78 is 17.3. The second-order valence-corrected chi connectivity index (χ2v) is 9.45. The minimum absolute atomic E-state index is 0.739. The number of hydrogen-bond donors (Lipinski definition) is 0. The first kappa shape index (κ1) is 24.2. The molecule has 0 aromatic heterocycles. The number of benzene rings is 4. The van der Waals surface area contributed by atoms with Gasteiger partial charge in [0.05, 0.1) is 14.2 Å². The minimum Gasteiger partial charge on any atom is -0.497 e. The molecule has 4 aromatic rings. The molecule has 186 valence electrons. The van der Waals surface area contributed by atoms with Crippen LogP contribution in [0.3, 0.4) is 0 Å². The number of hydrogen-bond acceptors (Lipinski definition) is 4. The number of ether oxygens (including phenoxy) is 3. The van der Waals surface area contributed by atoms with Gasteiger partial charge in [-0.1, -0.05) is 55.0 Å². The van der Waals surface area contributed by atoms with E-state index in [2.05, 4.69) is 65.6 Å². The topological polar surface area (TPSA) is 30.9 Å². The molecule has 0 unspecified atom stereocenters. The second-order valence-electron chi connectivity index (χ2n) is 9.45. The lowest BCUT2D eigenvalue weighted by Crippen LogP contribution is -2.33. The monoisotopic (exact) mass is 481 g/mol. The number of fused-ring (bicyclic) bond motifs is 1. The van der Waals surface area contributed by atoms with Crippen molar-refractivity contribution in [3.63, 3.8) is 0 Å². The van der Waals surface area contributed by atoms with Crippen molar-refractivity contribution in [2.24, 2.45) is 0 Å². The smallest absolute Gasteiger partial charge is 0.126 e. The lowest BCUT2D eigenvalue weighted by Gasteiger charge is -2.26. The van der Waals surface area contributed by atoms with E-state index in [0.717, 1.165) is 42.4 Å². The number of nitrogens with zero attached hydrogens (tertiary/aromatic N) is 1. The minimum atomic E-state index is 0.739. The molecule has 1 aliphatic heterocycles. The molecule has 0 aliphatic carbocycles. The Bertz CT molecular complexity index is 1290. The predicted molar refractivity (Wildman–Crippen MR) is 148 cm³/mol. The highest BCUT2D eigenvalue weighted by molar-refractivity contribution is 5.94. The van der Waals surface area contributed by atoms with Gasteiger partial charge in [-0.2, -0.15) is 0 Å². The van der Waals surface area contributed by atoms with Gasteiger partial charge in [-0.05, 0) is 90.1 Å². The third kappa shape index (κ3) is 5.50. The van der Waals surface area contributed by atoms with Crippen LogP contribution in [0, 0.1) is 0 Å². The van der Waals surface area contributed by atoms with Crippen molar-refractivity contribution in [2.45, 2.75) is 25.7 Å². The Kier molecular flexibility index (Phi) is 7.73. The Morgan fingerprint density at radius 3 is 2.28 bits per heavy atom. The lowest BCUT2D eigenvalue weighted by molar-refractivity contribution is 0.183.